The summed E-state index contributed by atoms with van der Waals surface area (Å²) < 4.78 is 78.8. The van der Waals surface area contributed by atoms with E-state index < -0.39 is 29.4 Å². The van der Waals surface area contributed by atoms with Crippen molar-refractivity contribution in [3.05, 3.63) is 107 Å². The molecule has 206 valence electrons. The number of allylic oxidation sites excluding steroid dienone is 2. The number of nitrogens with one attached hydrogen (secondary N) is 2. The van der Waals surface area contributed by atoms with Gasteiger partial charge in [0, 0.05) is 18.7 Å². The van der Waals surface area contributed by atoms with E-state index in [0.29, 0.717) is 33.0 Å². The van der Waals surface area contributed by atoms with Gasteiger partial charge in [0.05, 0.1) is 21.3 Å². The molecule has 2 amide bonds. The Morgan fingerprint density at radius 1 is 0.800 bits per heavy atom. The van der Waals surface area contributed by atoms with Crippen molar-refractivity contribution in [3.63, 3.8) is 0 Å². The molecular weight excluding hydrogens is 556 g/mol. The molecule has 0 saturated carbocycles. The first-order chi connectivity index (χ1) is 18.8. The molecule has 3 aromatic carbocycles. The first kappa shape index (κ1) is 28.6. The first-order valence-electron chi connectivity index (χ1n) is 11.5. The molecule has 0 aliphatic heterocycles. The number of hydrogen-bond acceptors (Lipinski definition) is 4. The fourth-order valence-corrected chi connectivity index (χ4v) is 4.61. The fraction of sp³-hybridized carbons (Fsp3) is 0.107. The summed E-state index contributed by atoms with van der Waals surface area (Å²) >= 11 is 1.23. The summed E-state index contributed by atoms with van der Waals surface area (Å²) in [6.45, 7) is 1.36. The Balaban J connectivity index is 1.57. The smallest absolute Gasteiger partial charge is 0.322 e. The predicted octanol–water partition coefficient (Wildman–Crippen LogP) is 7.92. The third-order valence-corrected chi connectivity index (χ3v) is 6.43. The summed E-state index contributed by atoms with van der Waals surface area (Å²) in [4.78, 5) is 28.0. The average molecular weight is 576 g/mol. The summed E-state index contributed by atoms with van der Waals surface area (Å²) in [5, 5.41) is 5.68. The number of carbonyl (C=O) groups is 2. The molecule has 4 aromatic rings. The average Bonchev–Trinajstić information content (AvgIpc) is 3.26. The number of aromatic nitrogens is 1. The van der Waals surface area contributed by atoms with Crippen LogP contribution in [-0.2, 0) is 21.9 Å². The number of thiazole rings is 1. The molecule has 0 radical (unpaired) electrons. The molecule has 0 saturated heterocycles. The van der Waals surface area contributed by atoms with Gasteiger partial charge in [0.15, 0.2) is 5.13 Å². The molecule has 0 spiro atoms. The topological polar surface area (TPSA) is 71.1 Å². The van der Waals surface area contributed by atoms with E-state index in [-0.39, 0.29) is 5.91 Å². The summed E-state index contributed by atoms with van der Waals surface area (Å²) in [5.41, 5.74) is 0.257. The third kappa shape index (κ3) is 7.14. The van der Waals surface area contributed by atoms with Crippen LogP contribution in [0, 0.1) is 0 Å². The lowest BCUT2D eigenvalue weighted by molar-refractivity contribution is -0.138. The number of benzene rings is 3. The highest BCUT2D eigenvalue weighted by molar-refractivity contribution is 7.22. The van der Waals surface area contributed by atoms with Crippen molar-refractivity contribution >= 4 is 49.8 Å². The van der Waals surface area contributed by atoms with E-state index in [1.54, 1.807) is 18.2 Å². The van der Waals surface area contributed by atoms with Gasteiger partial charge in [-0.25, -0.2) is 4.98 Å². The van der Waals surface area contributed by atoms with Crippen molar-refractivity contribution in [1.29, 1.82) is 0 Å². The largest absolute Gasteiger partial charge is 0.416 e. The zero-order valence-electron chi connectivity index (χ0n) is 20.5. The van der Waals surface area contributed by atoms with E-state index >= 15 is 0 Å². The van der Waals surface area contributed by atoms with Crippen LogP contribution in [0.15, 0.2) is 85.0 Å². The van der Waals surface area contributed by atoms with Crippen LogP contribution in [-0.4, -0.2) is 16.8 Å². The maximum atomic E-state index is 13.0. The van der Waals surface area contributed by atoms with Gasteiger partial charge < -0.3 is 10.6 Å². The quantitative estimate of drug-likeness (QED) is 0.139. The van der Waals surface area contributed by atoms with Crippen molar-refractivity contribution < 1.29 is 35.9 Å². The van der Waals surface area contributed by atoms with Crippen LogP contribution in [0.1, 0.15) is 29.2 Å². The second-order valence-electron chi connectivity index (χ2n) is 8.46. The Hall–Kier alpha value is -4.45. The first-order valence-corrected chi connectivity index (χ1v) is 12.3. The molecule has 40 heavy (non-hydrogen) atoms. The molecule has 0 aliphatic rings. The van der Waals surface area contributed by atoms with Crippen LogP contribution in [0.2, 0.25) is 0 Å². The lowest BCUT2D eigenvalue weighted by Gasteiger charge is -2.12. The monoisotopic (exact) mass is 575 g/mol. The summed E-state index contributed by atoms with van der Waals surface area (Å²) in [6, 6.07) is 13.3. The van der Waals surface area contributed by atoms with E-state index in [2.05, 4.69) is 15.6 Å². The van der Waals surface area contributed by atoms with Gasteiger partial charge in [0.2, 0.25) is 11.8 Å². The van der Waals surface area contributed by atoms with Gasteiger partial charge in [0.25, 0.3) is 0 Å². The van der Waals surface area contributed by atoms with Gasteiger partial charge in [-0.05, 0) is 59.2 Å². The van der Waals surface area contributed by atoms with Crippen LogP contribution < -0.4 is 10.6 Å². The molecule has 1 aromatic heterocycles. The maximum absolute atomic E-state index is 13.0. The predicted molar refractivity (Wildman–Crippen MR) is 142 cm³/mol. The number of anilines is 2. The van der Waals surface area contributed by atoms with E-state index in [0.717, 1.165) is 29.0 Å². The molecule has 4 rings (SSSR count). The molecule has 0 atom stereocenters. The minimum absolute atomic E-state index is 0.266. The molecule has 12 heteroatoms. The molecule has 0 aliphatic carbocycles. The van der Waals surface area contributed by atoms with Crippen LogP contribution in [0.5, 0.6) is 0 Å². The Bertz CT molecular complexity index is 1540. The second kappa shape index (κ2) is 11.3. The van der Waals surface area contributed by atoms with Gasteiger partial charge in [0.1, 0.15) is 0 Å². The molecule has 0 bridgehead atoms. The van der Waals surface area contributed by atoms with Crippen molar-refractivity contribution in [2.75, 3.05) is 10.6 Å². The molecular formula is C28H19F6N3O2S. The number of amides is 2. The number of rotatable bonds is 6. The van der Waals surface area contributed by atoms with Crippen LogP contribution >= 0.6 is 11.3 Å². The second-order valence-corrected chi connectivity index (χ2v) is 9.49. The molecule has 0 fully saturated rings. The molecule has 2 N–H and O–H groups in total. The van der Waals surface area contributed by atoms with Crippen molar-refractivity contribution in [2.24, 2.45) is 0 Å². The Kier molecular flexibility index (Phi) is 8.10. The number of hydrogen-bond donors (Lipinski definition) is 2. The minimum atomic E-state index is -4.55. The van der Waals surface area contributed by atoms with Gasteiger partial charge in [-0.2, -0.15) is 26.3 Å². The summed E-state index contributed by atoms with van der Waals surface area (Å²) in [6.07, 6.45) is -5.16. The zero-order chi connectivity index (χ0) is 29.1. The SMILES string of the molecule is CC(=O)Nc1nc2ccc(NC(=O)/C=C/C=C(c3ccc(C(F)(F)F)cc3)c3ccc(C(F)(F)F)cc3)cc2s1. The molecule has 0 unspecified atom stereocenters. The maximum Gasteiger partial charge on any atom is 0.416 e. The highest BCUT2D eigenvalue weighted by Crippen LogP contribution is 2.34. The number of fused-ring (bicyclic) bond motifs is 1. The van der Waals surface area contributed by atoms with Crippen LogP contribution in [0.4, 0.5) is 37.2 Å². The van der Waals surface area contributed by atoms with E-state index in [4.69, 9.17) is 0 Å². The number of alkyl halides is 6. The van der Waals surface area contributed by atoms with Crippen molar-refractivity contribution in [1.82, 2.24) is 4.98 Å². The zero-order valence-corrected chi connectivity index (χ0v) is 21.3. The van der Waals surface area contributed by atoms with E-state index in [1.165, 1.54) is 60.8 Å². The summed E-state index contributed by atoms with van der Waals surface area (Å²) in [5.74, 6) is -0.792. The lowest BCUT2D eigenvalue weighted by Crippen LogP contribution is -2.07. The lowest BCUT2D eigenvalue weighted by atomic mass is 9.95. The number of halogens is 6. The van der Waals surface area contributed by atoms with Crippen LogP contribution in [0.3, 0.4) is 0 Å². The fourth-order valence-electron chi connectivity index (χ4n) is 3.66. The third-order valence-electron chi connectivity index (χ3n) is 5.50. The van der Waals surface area contributed by atoms with Crippen molar-refractivity contribution in [2.45, 2.75) is 19.3 Å². The van der Waals surface area contributed by atoms with E-state index in [1.807, 2.05) is 0 Å². The Labute approximate surface area is 227 Å². The standard InChI is InChI=1S/C28H19F6N3O2S/c1-16(38)35-26-37-23-14-13-21(15-24(23)40-26)36-25(39)4-2-3-22(17-5-9-19(10-6-17)27(29,30)31)18-7-11-20(12-8-18)28(32,33)34/h2-15H,1H3,(H,36,39)(H,35,37,38)/b4-2+. The van der Waals surface area contributed by atoms with Crippen molar-refractivity contribution in [3.8, 4) is 0 Å². The number of carbonyl (C=O) groups excluding carboxylic acids is 2. The highest BCUT2D eigenvalue weighted by atomic mass is 32.1. The molecule has 5 nitrogen and oxygen atoms in total. The Morgan fingerprint density at radius 2 is 1.35 bits per heavy atom. The van der Waals surface area contributed by atoms with Gasteiger partial charge in [-0.3, -0.25) is 9.59 Å². The van der Waals surface area contributed by atoms with Crippen LogP contribution in [0.25, 0.3) is 15.8 Å². The highest BCUT2D eigenvalue weighted by Gasteiger charge is 2.31. The Morgan fingerprint density at radius 3 is 1.85 bits per heavy atom. The van der Waals surface area contributed by atoms with Gasteiger partial charge >= 0.3 is 12.4 Å². The summed E-state index contributed by atoms with van der Waals surface area (Å²) in [7, 11) is 0. The normalized spacial score (nSPS) is 12.0. The van der Waals surface area contributed by atoms with Gasteiger partial charge in [-0.1, -0.05) is 47.8 Å². The van der Waals surface area contributed by atoms with E-state index in [9.17, 15) is 35.9 Å². The number of nitrogens with zero attached hydrogens (tertiary/aromatic N) is 1. The molecule has 1 heterocycles. The van der Waals surface area contributed by atoms with Gasteiger partial charge in [-0.15, -0.1) is 0 Å². The minimum Gasteiger partial charge on any atom is -0.322 e.